The minimum atomic E-state index is -1.26. The molecule has 0 saturated carbocycles. The fraction of sp³-hybridized carbons (Fsp3) is 0.161. The Morgan fingerprint density at radius 1 is 0.721 bits per heavy atom. The molecular weight excluding hydrogens is 556 g/mol. The molecule has 1 aliphatic rings. The second-order valence-corrected chi connectivity index (χ2v) is 9.53. The third kappa shape index (κ3) is 5.76. The summed E-state index contributed by atoms with van der Waals surface area (Å²) in [5.41, 5.74) is 0.371. The standard InChI is InChI=1S/C31H24N4O8/c36-24-16-17-34(31-32-19-33-35(24)31)27-26(43-30(39)22-14-8-3-9-15-22)25(42-29(38)21-12-6-2-7-13-21)23(41-27)18-40-28(37)20-10-4-1-5-11-20/h1-17,19,23,25-27H,18H2/t23-,25-,26-,27-/m1/s1. The Balaban J connectivity index is 1.38. The lowest BCUT2D eigenvalue weighted by Gasteiger charge is -2.25. The van der Waals surface area contributed by atoms with Gasteiger partial charge in [-0.1, -0.05) is 54.6 Å². The minimum absolute atomic E-state index is 0.0910. The summed E-state index contributed by atoms with van der Waals surface area (Å²) >= 11 is 0. The Morgan fingerprint density at radius 3 is 1.84 bits per heavy atom. The van der Waals surface area contributed by atoms with Crippen molar-refractivity contribution < 1.29 is 33.3 Å². The number of fused-ring (bicyclic) bond motifs is 1. The molecule has 216 valence electrons. The van der Waals surface area contributed by atoms with E-state index < -0.39 is 48.0 Å². The molecule has 12 heteroatoms. The van der Waals surface area contributed by atoms with Crippen LogP contribution in [0.5, 0.6) is 0 Å². The molecule has 0 spiro atoms. The second-order valence-electron chi connectivity index (χ2n) is 9.53. The van der Waals surface area contributed by atoms with Gasteiger partial charge in [-0.15, -0.1) is 0 Å². The van der Waals surface area contributed by atoms with Crippen LogP contribution in [0.4, 0.5) is 0 Å². The molecule has 1 saturated heterocycles. The van der Waals surface area contributed by atoms with Gasteiger partial charge in [0, 0.05) is 12.3 Å². The van der Waals surface area contributed by atoms with Crippen molar-refractivity contribution in [2.45, 2.75) is 24.5 Å². The SMILES string of the molecule is O=C(OC[C@H]1O[C@@H](n2ccc(=O)n3ncnc23)[C@H](OC(=O)c2ccccc2)[C@@H]1OC(=O)c1ccccc1)c1ccccc1. The van der Waals surface area contributed by atoms with Gasteiger partial charge < -0.3 is 18.9 Å². The molecule has 3 aromatic carbocycles. The van der Waals surface area contributed by atoms with Crippen LogP contribution in [0.1, 0.15) is 37.3 Å². The van der Waals surface area contributed by atoms with Gasteiger partial charge in [-0.25, -0.2) is 14.4 Å². The fourth-order valence-electron chi connectivity index (χ4n) is 4.73. The molecule has 3 heterocycles. The number of ether oxygens (including phenoxy) is 4. The first-order valence-corrected chi connectivity index (χ1v) is 13.3. The molecule has 2 aromatic heterocycles. The van der Waals surface area contributed by atoms with Crippen molar-refractivity contribution in [3.63, 3.8) is 0 Å². The summed E-state index contributed by atoms with van der Waals surface area (Å²) in [5, 5.41) is 3.96. The van der Waals surface area contributed by atoms with E-state index in [0.717, 1.165) is 4.52 Å². The Bertz CT molecular complexity index is 1810. The number of aromatic nitrogens is 4. The van der Waals surface area contributed by atoms with Crippen LogP contribution < -0.4 is 5.56 Å². The van der Waals surface area contributed by atoms with Crippen LogP contribution in [0.15, 0.2) is 114 Å². The van der Waals surface area contributed by atoms with Gasteiger partial charge in [0.1, 0.15) is 19.0 Å². The van der Waals surface area contributed by atoms with Crippen molar-refractivity contribution in [3.05, 3.63) is 137 Å². The highest BCUT2D eigenvalue weighted by Crippen LogP contribution is 2.36. The second kappa shape index (κ2) is 12.1. The van der Waals surface area contributed by atoms with E-state index in [2.05, 4.69) is 10.1 Å². The topological polar surface area (TPSA) is 140 Å². The van der Waals surface area contributed by atoms with Gasteiger partial charge in [-0.3, -0.25) is 9.36 Å². The third-order valence-electron chi connectivity index (χ3n) is 6.80. The van der Waals surface area contributed by atoms with Gasteiger partial charge in [0.2, 0.25) is 5.78 Å². The number of carbonyl (C=O) groups excluding carboxylic acids is 3. The highest BCUT2D eigenvalue weighted by atomic mass is 16.7. The maximum Gasteiger partial charge on any atom is 0.338 e. The molecule has 12 nitrogen and oxygen atoms in total. The predicted molar refractivity (Wildman–Crippen MR) is 149 cm³/mol. The van der Waals surface area contributed by atoms with Crippen LogP contribution in [0.2, 0.25) is 0 Å². The number of nitrogens with zero attached hydrogens (tertiary/aromatic N) is 4. The molecule has 4 atom stereocenters. The van der Waals surface area contributed by atoms with Crippen molar-refractivity contribution in [2.24, 2.45) is 0 Å². The zero-order valence-corrected chi connectivity index (χ0v) is 22.5. The van der Waals surface area contributed by atoms with E-state index >= 15 is 0 Å². The minimum Gasteiger partial charge on any atom is -0.459 e. The van der Waals surface area contributed by atoms with Crippen LogP contribution in [0, 0.1) is 0 Å². The van der Waals surface area contributed by atoms with E-state index in [9.17, 15) is 19.2 Å². The summed E-state index contributed by atoms with van der Waals surface area (Å²) in [5.74, 6) is -1.95. The molecule has 0 radical (unpaired) electrons. The Kier molecular flexibility index (Phi) is 7.74. The van der Waals surface area contributed by atoms with Crippen LogP contribution in [-0.2, 0) is 18.9 Å². The maximum absolute atomic E-state index is 13.3. The maximum atomic E-state index is 13.3. The highest BCUT2D eigenvalue weighted by Gasteiger charge is 2.51. The van der Waals surface area contributed by atoms with Crippen molar-refractivity contribution in [2.75, 3.05) is 6.61 Å². The Labute approximate surface area is 244 Å². The first-order valence-electron chi connectivity index (χ1n) is 13.3. The van der Waals surface area contributed by atoms with Gasteiger partial charge in [0.25, 0.3) is 5.56 Å². The quantitative estimate of drug-likeness (QED) is 0.199. The van der Waals surface area contributed by atoms with Crippen LogP contribution in [-0.4, -0.2) is 62.0 Å². The Morgan fingerprint density at radius 2 is 1.26 bits per heavy atom. The molecule has 1 fully saturated rings. The zero-order valence-electron chi connectivity index (χ0n) is 22.5. The van der Waals surface area contributed by atoms with E-state index in [4.69, 9.17) is 18.9 Å². The number of esters is 3. The fourth-order valence-corrected chi connectivity index (χ4v) is 4.73. The normalized spacial score (nSPS) is 19.5. The summed E-state index contributed by atoms with van der Waals surface area (Å²) < 4.78 is 26.2. The van der Waals surface area contributed by atoms with Crippen LogP contribution in [0.25, 0.3) is 5.78 Å². The van der Waals surface area contributed by atoms with Crippen molar-refractivity contribution in [1.82, 2.24) is 19.2 Å². The number of hydrogen-bond donors (Lipinski definition) is 0. The van der Waals surface area contributed by atoms with Crippen LogP contribution in [0.3, 0.4) is 0 Å². The first kappa shape index (κ1) is 27.5. The average molecular weight is 581 g/mol. The van der Waals surface area contributed by atoms with Gasteiger partial charge >= 0.3 is 17.9 Å². The lowest BCUT2D eigenvalue weighted by atomic mass is 10.1. The highest BCUT2D eigenvalue weighted by molar-refractivity contribution is 5.91. The third-order valence-corrected chi connectivity index (χ3v) is 6.80. The molecular formula is C31H24N4O8. The smallest absolute Gasteiger partial charge is 0.338 e. The molecule has 6 rings (SSSR count). The molecule has 0 N–H and O–H groups in total. The lowest BCUT2D eigenvalue weighted by Crippen LogP contribution is -2.41. The monoisotopic (exact) mass is 580 g/mol. The summed E-state index contributed by atoms with van der Waals surface area (Å²) in [4.78, 5) is 55.9. The van der Waals surface area contributed by atoms with Crippen molar-refractivity contribution in [1.29, 1.82) is 0 Å². The lowest BCUT2D eigenvalue weighted by molar-refractivity contribution is -0.0611. The number of benzene rings is 3. The van der Waals surface area contributed by atoms with E-state index in [1.165, 1.54) is 23.2 Å². The van der Waals surface area contributed by atoms with Gasteiger partial charge in [0.15, 0.2) is 18.4 Å². The van der Waals surface area contributed by atoms with E-state index in [0.29, 0.717) is 5.56 Å². The largest absolute Gasteiger partial charge is 0.459 e. The molecule has 0 bridgehead atoms. The van der Waals surface area contributed by atoms with Crippen molar-refractivity contribution >= 4 is 23.7 Å². The summed E-state index contributed by atoms with van der Waals surface area (Å²) in [6.07, 6.45) is -2.14. The molecule has 0 unspecified atom stereocenters. The number of carbonyl (C=O) groups is 3. The molecule has 43 heavy (non-hydrogen) atoms. The van der Waals surface area contributed by atoms with E-state index in [1.807, 2.05) is 0 Å². The average Bonchev–Trinajstić information content (AvgIpc) is 3.68. The van der Waals surface area contributed by atoms with E-state index in [-0.39, 0.29) is 23.5 Å². The van der Waals surface area contributed by atoms with Gasteiger partial charge in [-0.2, -0.15) is 14.6 Å². The molecule has 0 aliphatic carbocycles. The molecule has 5 aromatic rings. The predicted octanol–water partition coefficient (Wildman–Crippen LogP) is 3.10. The summed E-state index contributed by atoms with van der Waals surface area (Å²) in [7, 11) is 0. The number of rotatable bonds is 8. The van der Waals surface area contributed by atoms with Crippen LogP contribution >= 0.6 is 0 Å². The van der Waals surface area contributed by atoms with Gasteiger partial charge in [-0.05, 0) is 36.4 Å². The van der Waals surface area contributed by atoms with Crippen molar-refractivity contribution in [3.8, 4) is 0 Å². The zero-order chi connectivity index (χ0) is 29.8. The van der Waals surface area contributed by atoms with Gasteiger partial charge in [0.05, 0.1) is 16.7 Å². The number of hydrogen-bond acceptors (Lipinski definition) is 10. The summed E-state index contributed by atoms with van der Waals surface area (Å²) in [6.45, 7) is -0.348. The Hall–Kier alpha value is -5.62. The molecule has 0 amide bonds. The first-order chi connectivity index (χ1) is 21.0. The van der Waals surface area contributed by atoms with E-state index in [1.54, 1.807) is 91.0 Å². The summed E-state index contributed by atoms with van der Waals surface area (Å²) in [6, 6.07) is 26.1. The molecule has 1 aliphatic heterocycles.